The minimum Gasteiger partial charge on any atom is -0.328 e. The van der Waals surface area contributed by atoms with E-state index in [2.05, 4.69) is 6.92 Å². The van der Waals surface area contributed by atoms with Gasteiger partial charge in [0.1, 0.15) is 0 Å². The van der Waals surface area contributed by atoms with E-state index in [9.17, 15) is 0 Å². The van der Waals surface area contributed by atoms with Crippen LogP contribution in [-0.2, 0) is 14.2 Å². The van der Waals surface area contributed by atoms with Gasteiger partial charge >= 0.3 is 0 Å². The van der Waals surface area contributed by atoms with E-state index in [1.54, 1.807) is 0 Å². The van der Waals surface area contributed by atoms with Crippen LogP contribution in [0.2, 0.25) is 12.1 Å². The van der Waals surface area contributed by atoms with Crippen molar-refractivity contribution in [3.63, 3.8) is 0 Å². The van der Waals surface area contributed by atoms with Crippen LogP contribution in [0, 0.1) is 0 Å². The van der Waals surface area contributed by atoms with Crippen LogP contribution in [0.25, 0.3) is 0 Å². The molecule has 0 fully saturated rings. The van der Waals surface area contributed by atoms with Crippen LogP contribution in [0.1, 0.15) is 34.1 Å². The van der Waals surface area contributed by atoms with E-state index in [4.69, 9.17) is 14.2 Å². The Morgan fingerprint density at radius 3 is 1.67 bits per heavy atom. The first-order chi connectivity index (χ1) is 7.24. The second-order valence-electron chi connectivity index (χ2n) is 3.44. The average Bonchev–Trinajstić information content (AvgIpc) is 2.19. The monoisotopic (exact) mass is 234 g/mol. The molecule has 0 radical (unpaired) electrons. The molecular weight excluding hydrogens is 208 g/mol. The molecule has 0 saturated carbocycles. The number of rotatable bonds is 10. The Hall–Kier alpha value is 0.0969. The van der Waals surface area contributed by atoms with Crippen molar-refractivity contribution in [1.29, 1.82) is 0 Å². The highest BCUT2D eigenvalue weighted by atomic mass is 28.2. The lowest BCUT2D eigenvalue weighted by Gasteiger charge is -2.32. The lowest BCUT2D eigenvalue weighted by molar-refractivity contribution is -0.365. The third-order valence-corrected chi connectivity index (χ3v) is 4.35. The van der Waals surface area contributed by atoms with Gasteiger partial charge in [0.25, 0.3) is 5.97 Å². The zero-order chi connectivity index (χ0) is 11.6. The first-order valence-electron chi connectivity index (χ1n) is 6.16. The van der Waals surface area contributed by atoms with Crippen molar-refractivity contribution in [2.75, 3.05) is 19.8 Å². The van der Waals surface area contributed by atoms with Crippen molar-refractivity contribution in [1.82, 2.24) is 0 Å². The molecule has 0 aliphatic heterocycles. The van der Waals surface area contributed by atoms with E-state index in [-0.39, 0.29) is 9.52 Å². The lowest BCUT2D eigenvalue weighted by atomic mass is 10.6. The largest absolute Gasteiger partial charge is 0.328 e. The Kier molecular flexibility index (Phi) is 9.39. The molecule has 0 heterocycles. The zero-order valence-electron chi connectivity index (χ0n) is 10.7. The summed E-state index contributed by atoms with van der Waals surface area (Å²) in [5, 5.41) is 0. The van der Waals surface area contributed by atoms with Crippen LogP contribution in [0.5, 0.6) is 0 Å². The topological polar surface area (TPSA) is 27.7 Å². The molecule has 0 bridgehead atoms. The summed E-state index contributed by atoms with van der Waals surface area (Å²) >= 11 is 0. The normalized spacial score (nSPS) is 12.8. The average molecular weight is 234 g/mol. The van der Waals surface area contributed by atoms with Crippen LogP contribution in [0.15, 0.2) is 0 Å². The van der Waals surface area contributed by atoms with Gasteiger partial charge in [0.15, 0.2) is 0 Å². The molecule has 0 rings (SSSR count). The fourth-order valence-electron chi connectivity index (χ4n) is 1.59. The molecule has 0 saturated heterocycles. The molecule has 0 amide bonds. The number of hydrogen-bond acceptors (Lipinski definition) is 3. The van der Waals surface area contributed by atoms with Gasteiger partial charge in [-0.15, -0.1) is 0 Å². The summed E-state index contributed by atoms with van der Waals surface area (Å²) in [5.74, 6) is -0.736. The van der Waals surface area contributed by atoms with Crippen molar-refractivity contribution in [2.45, 2.75) is 52.2 Å². The molecule has 15 heavy (non-hydrogen) atoms. The van der Waals surface area contributed by atoms with Gasteiger partial charge in [0.2, 0.25) is 0 Å². The zero-order valence-corrected chi connectivity index (χ0v) is 12.1. The van der Waals surface area contributed by atoms with Crippen molar-refractivity contribution in [3.05, 3.63) is 0 Å². The quantitative estimate of drug-likeness (QED) is 0.329. The van der Waals surface area contributed by atoms with Crippen LogP contribution in [0.4, 0.5) is 0 Å². The van der Waals surface area contributed by atoms with Crippen LogP contribution in [-0.4, -0.2) is 35.3 Å². The summed E-state index contributed by atoms with van der Waals surface area (Å²) in [5.41, 5.74) is 0. The second kappa shape index (κ2) is 9.33. The molecule has 0 spiro atoms. The fraction of sp³-hybridized carbons (Fsp3) is 1.00. The molecule has 0 N–H and O–H groups in total. The maximum atomic E-state index is 5.65. The van der Waals surface area contributed by atoms with Gasteiger partial charge < -0.3 is 14.2 Å². The van der Waals surface area contributed by atoms with Gasteiger partial charge in [-0.05, 0) is 20.8 Å². The Labute approximate surface area is 96.3 Å². The van der Waals surface area contributed by atoms with E-state index in [1.165, 1.54) is 12.5 Å². The van der Waals surface area contributed by atoms with Crippen molar-refractivity contribution in [3.8, 4) is 0 Å². The molecule has 0 aromatic heterocycles. The molecule has 0 aliphatic carbocycles. The predicted octanol–water partition coefficient (Wildman–Crippen LogP) is 2.17. The van der Waals surface area contributed by atoms with Gasteiger partial charge in [-0.25, -0.2) is 0 Å². The maximum Gasteiger partial charge on any atom is 0.279 e. The minimum atomic E-state index is -0.736. The highest BCUT2D eigenvalue weighted by Gasteiger charge is 2.31. The maximum absolute atomic E-state index is 5.65. The van der Waals surface area contributed by atoms with Crippen molar-refractivity contribution < 1.29 is 14.2 Å². The van der Waals surface area contributed by atoms with E-state index >= 15 is 0 Å². The van der Waals surface area contributed by atoms with Crippen LogP contribution >= 0.6 is 0 Å². The molecule has 92 valence electrons. The Balaban J connectivity index is 4.18. The molecule has 4 heteroatoms. The van der Waals surface area contributed by atoms with E-state index in [1.807, 2.05) is 20.8 Å². The van der Waals surface area contributed by atoms with Crippen LogP contribution < -0.4 is 0 Å². The van der Waals surface area contributed by atoms with Crippen LogP contribution in [0.3, 0.4) is 0 Å². The third kappa shape index (κ3) is 6.30. The predicted molar refractivity (Wildman–Crippen MR) is 66.1 cm³/mol. The number of ether oxygens (including phenoxy) is 3. The number of hydrogen-bond donors (Lipinski definition) is 0. The summed E-state index contributed by atoms with van der Waals surface area (Å²) in [6.07, 6.45) is 1.26. The van der Waals surface area contributed by atoms with Gasteiger partial charge in [-0.2, -0.15) is 0 Å². The summed E-state index contributed by atoms with van der Waals surface area (Å²) in [7, 11) is -0.129. The summed E-state index contributed by atoms with van der Waals surface area (Å²) < 4.78 is 16.9. The molecule has 0 atom stereocenters. The molecule has 3 nitrogen and oxygen atoms in total. The van der Waals surface area contributed by atoms with E-state index in [0.29, 0.717) is 19.8 Å². The Morgan fingerprint density at radius 1 is 0.867 bits per heavy atom. The summed E-state index contributed by atoms with van der Waals surface area (Å²) in [4.78, 5) is 0. The highest BCUT2D eigenvalue weighted by Crippen LogP contribution is 2.21. The van der Waals surface area contributed by atoms with E-state index in [0.717, 1.165) is 6.04 Å². The highest BCUT2D eigenvalue weighted by molar-refractivity contribution is 6.35. The van der Waals surface area contributed by atoms with Crippen molar-refractivity contribution >= 4 is 9.52 Å². The SMILES string of the molecule is CCC[SiH2]CC(OCC)(OCC)OCC. The van der Waals surface area contributed by atoms with Gasteiger partial charge in [0.05, 0.1) is 0 Å². The fourth-order valence-corrected chi connectivity index (χ4v) is 3.21. The molecule has 0 aromatic carbocycles. The minimum absolute atomic E-state index is 0.129. The van der Waals surface area contributed by atoms with Gasteiger partial charge in [-0.1, -0.05) is 19.4 Å². The Bertz CT molecular complexity index is 125. The van der Waals surface area contributed by atoms with E-state index < -0.39 is 5.97 Å². The summed E-state index contributed by atoms with van der Waals surface area (Å²) in [6, 6.07) is 2.28. The Morgan fingerprint density at radius 2 is 1.33 bits per heavy atom. The third-order valence-electron chi connectivity index (χ3n) is 2.18. The van der Waals surface area contributed by atoms with Gasteiger partial charge in [0, 0.05) is 35.4 Å². The first-order valence-corrected chi connectivity index (χ1v) is 8.16. The summed E-state index contributed by atoms with van der Waals surface area (Å²) in [6.45, 7) is 10.1. The molecule has 0 unspecified atom stereocenters. The lowest BCUT2D eigenvalue weighted by Crippen LogP contribution is -2.40. The standard InChI is InChI=1S/C11H26O3Si/c1-5-9-15-10-11(12-6-2,13-7-3)14-8-4/h5-10,15H2,1-4H3. The van der Waals surface area contributed by atoms with Crippen molar-refractivity contribution in [2.24, 2.45) is 0 Å². The first kappa shape index (κ1) is 15.1. The van der Waals surface area contributed by atoms with Gasteiger partial charge in [-0.3, -0.25) is 0 Å². The molecular formula is C11H26O3Si. The second-order valence-corrected chi connectivity index (χ2v) is 5.35. The molecule has 0 aromatic rings. The smallest absolute Gasteiger partial charge is 0.279 e. The molecule has 0 aliphatic rings.